The van der Waals surface area contributed by atoms with Gasteiger partial charge < -0.3 is 15.6 Å². The first kappa shape index (κ1) is 16.8. The maximum atomic E-state index is 5.90. The van der Waals surface area contributed by atoms with Gasteiger partial charge >= 0.3 is 0 Å². The van der Waals surface area contributed by atoms with Gasteiger partial charge in [-0.1, -0.05) is 37.3 Å². The van der Waals surface area contributed by atoms with Crippen molar-refractivity contribution >= 4 is 22.9 Å². The molecular formula is C19H25N7. The number of H-pyrrole nitrogens is 1. The van der Waals surface area contributed by atoms with Crippen LogP contribution in [-0.2, 0) is 6.54 Å². The second kappa shape index (κ2) is 6.92. The Kier molecular flexibility index (Phi) is 4.46. The largest absolute Gasteiger partial charge is 0.368 e. The fourth-order valence-electron chi connectivity index (χ4n) is 3.85. The van der Waals surface area contributed by atoms with E-state index in [0.717, 1.165) is 37.4 Å². The van der Waals surface area contributed by atoms with Crippen LogP contribution in [0.1, 0.15) is 18.9 Å². The second-order valence-corrected chi connectivity index (χ2v) is 7.17. The van der Waals surface area contributed by atoms with Crippen LogP contribution < -0.4 is 10.6 Å². The lowest BCUT2D eigenvalue weighted by Crippen LogP contribution is -2.51. The summed E-state index contributed by atoms with van der Waals surface area (Å²) in [4.78, 5) is 20.8. The molecule has 7 heteroatoms. The molecule has 2 aromatic heterocycles. The van der Waals surface area contributed by atoms with Gasteiger partial charge in [-0.15, -0.1) is 0 Å². The van der Waals surface area contributed by atoms with Crippen molar-refractivity contribution in [1.29, 1.82) is 0 Å². The van der Waals surface area contributed by atoms with Crippen LogP contribution in [0.4, 0.5) is 11.8 Å². The molecule has 1 fully saturated rings. The number of aromatic nitrogens is 4. The molecule has 3 N–H and O–H groups in total. The Labute approximate surface area is 153 Å². The van der Waals surface area contributed by atoms with Gasteiger partial charge in [0.25, 0.3) is 0 Å². The number of likely N-dealkylation sites (N-methyl/N-ethyl adjacent to an activating group) is 1. The number of rotatable bonds is 4. The number of nitrogens with zero attached hydrogens (tertiary/aromatic N) is 5. The third-order valence-electron chi connectivity index (χ3n) is 5.37. The third-order valence-corrected chi connectivity index (χ3v) is 5.37. The summed E-state index contributed by atoms with van der Waals surface area (Å²) < 4.78 is 0. The zero-order chi connectivity index (χ0) is 18.1. The van der Waals surface area contributed by atoms with Gasteiger partial charge in [0.1, 0.15) is 5.52 Å². The van der Waals surface area contributed by atoms with Crippen LogP contribution in [0.3, 0.4) is 0 Å². The Balaban J connectivity index is 1.57. The van der Waals surface area contributed by atoms with Crippen molar-refractivity contribution in [1.82, 2.24) is 24.8 Å². The zero-order valence-electron chi connectivity index (χ0n) is 15.3. The molecule has 7 nitrogen and oxygen atoms in total. The van der Waals surface area contributed by atoms with Gasteiger partial charge in [0, 0.05) is 26.2 Å². The van der Waals surface area contributed by atoms with Crippen molar-refractivity contribution in [3.8, 4) is 0 Å². The van der Waals surface area contributed by atoms with Gasteiger partial charge in [0.2, 0.25) is 5.95 Å². The van der Waals surface area contributed by atoms with Crippen LogP contribution in [0.25, 0.3) is 11.2 Å². The maximum absolute atomic E-state index is 5.90. The van der Waals surface area contributed by atoms with E-state index in [4.69, 9.17) is 5.73 Å². The molecule has 136 valence electrons. The van der Waals surface area contributed by atoms with Crippen LogP contribution >= 0.6 is 0 Å². The Morgan fingerprint density at radius 1 is 1.27 bits per heavy atom. The number of nitrogens with two attached hydrogens (primary N) is 1. The highest BCUT2D eigenvalue weighted by Gasteiger charge is 2.31. The minimum atomic E-state index is 0.260. The van der Waals surface area contributed by atoms with E-state index in [9.17, 15) is 0 Å². The molecule has 0 unspecified atom stereocenters. The number of hydrogen-bond acceptors (Lipinski definition) is 6. The minimum absolute atomic E-state index is 0.260. The fraction of sp³-hybridized carbons (Fsp3) is 0.421. The number of imidazole rings is 1. The lowest BCUT2D eigenvalue weighted by atomic mass is 9.92. The van der Waals surface area contributed by atoms with Gasteiger partial charge in [-0.3, -0.25) is 4.90 Å². The normalized spacial score (nSPS) is 21.2. The quantitative estimate of drug-likeness (QED) is 0.750. The van der Waals surface area contributed by atoms with Crippen molar-refractivity contribution in [3.63, 3.8) is 0 Å². The Hall–Kier alpha value is -2.67. The van der Waals surface area contributed by atoms with Crippen LogP contribution in [0.15, 0.2) is 36.7 Å². The molecule has 0 saturated carbocycles. The lowest BCUT2D eigenvalue weighted by molar-refractivity contribution is 0.159. The number of benzene rings is 1. The number of anilines is 2. The predicted octanol–water partition coefficient (Wildman–Crippen LogP) is 2.28. The molecule has 0 radical (unpaired) electrons. The van der Waals surface area contributed by atoms with Crippen LogP contribution in [0.2, 0.25) is 0 Å². The summed E-state index contributed by atoms with van der Waals surface area (Å²) in [5, 5.41) is 0. The van der Waals surface area contributed by atoms with E-state index in [-0.39, 0.29) is 5.95 Å². The number of likely N-dealkylation sites (tertiary alicyclic amines) is 1. The molecule has 4 rings (SSSR count). The van der Waals surface area contributed by atoms with Gasteiger partial charge in [0.05, 0.1) is 6.33 Å². The van der Waals surface area contributed by atoms with Gasteiger partial charge in [-0.2, -0.15) is 9.97 Å². The van der Waals surface area contributed by atoms with E-state index in [1.165, 1.54) is 5.56 Å². The average Bonchev–Trinajstić information content (AvgIpc) is 3.11. The molecule has 2 atom stereocenters. The number of fused-ring (bicyclic) bond motifs is 1. The molecule has 3 aromatic rings. The van der Waals surface area contributed by atoms with Crippen molar-refractivity contribution in [3.05, 3.63) is 42.2 Å². The van der Waals surface area contributed by atoms with Crippen molar-refractivity contribution in [2.75, 3.05) is 30.8 Å². The molecule has 1 saturated heterocycles. The molecule has 0 spiro atoms. The topological polar surface area (TPSA) is 87.0 Å². The van der Waals surface area contributed by atoms with Crippen molar-refractivity contribution < 1.29 is 0 Å². The summed E-state index contributed by atoms with van der Waals surface area (Å²) >= 11 is 0. The van der Waals surface area contributed by atoms with E-state index in [1.807, 2.05) is 0 Å². The molecular weight excluding hydrogens is 326 g/mol. The number of hydrogen-bond donors (Lipinski definition) is 2. The first-order chi connectivity index (χ1) is 12.6. The number of nitrogens with one attached hydrogen (secondary N) is 1. The molecule has 1 aliphatic heterocycles. The summed E-state index contributed by atoms with van der Waals surface area (Å²) in [6, 6.07) is 11.0. The third kappa shape index (κ3) is 3.22. The monoisotopic (exact) mass is 351 g/mol. The molecule has 0 amide bonds. The SMILES string of the molecule is C[C@@H]1CCN(Cc2ccccc2)C[C@@H]1N(C)c1nc(N)nc2nc[nH]c12. The van der Waals surface area contributed by atoms with E-state index in [1.54, 1.807) is 6.33 Å². The molecule has 1 aromatic carbocycles. The molecule has 1 aliphatic rings. The highest BCUT2D eigenvalue weighted by Crippen LogP contribution is 2.29. The predicted molar refractivity (Wildman–Crippen MR) is 104 cm³/mol. The lowest BCUT2D eigenvalue weighted by Gasteiger charge is -2.42. The number of aromatic amines is 1. The molecule has 0 bridgehead atoms. The Morgan fingerprint density at radius 3 is 2.88 bits per heavy atom. The fourth-order valence-corrected chi connectivity index (χ4v) is 3.85. The summed E-state index contributed by atoms with van der Waals surface area (Å²) in [5.74, 6) is 1.65. The molecule has 26 heavy (non-hydrogen) atoms. The number of nitrogen functional groups attached to an aromatic ring is 1. The zero-order valence-corrected chi connectivity index (χ0v) is 15.3. The van der Waals surface area contributed by atoms with Gasteiger partial charge in [0.15, 0.2) is 11.5 Å². The van der Waals surface area contributed by atoms with Crippen LogP contribution in [0, 0.1) is 5.92 Å². The average molecular weight is 351 g/mol. The number of piperidine rings is 1. The minimum Gasteiger partial charge on any atom is -0.368 e. The standard InChI is InChI=1S/C19H25N7/c1-13-8-9-26(10-14-6-4-3-5-7-14)11-15(13)25(2)18-16-17(22-12-21-16)23-19(20)24-18/h3-7,12-13,15H,8-11H2,1-2H3,(H3,20,21,22,23,24)/t13-,15+/m1/s1. The summed E-state index contributed by atoms with van der Waals surface area (Å²) in [7, 11) is 2.09. The summed E-state index contributed by atoms with van der Waals surface area (Å²) in [6.45, 7) is 5.40. The molecule has 0 aliphatic carbocycles. The first-order valence-electron chi connectivity index (χ1n) is 9.07. The van der Waals surface area contributed by atoms with Crippen LogP contribution in [0.5, 0.6) is 0 Å². The van der Waals surface area contributed by atoms with Gasteiger partial charge in [-0.05, 0) is 24.4 Å². The maximum Gasteiger partial charge on any atom is 0.224 e. The Bertz CT molecular complexity index is 876. The highest BCUT2D eigenvalue weighted by atomic mass is 15.3. The van der Waals surface area contributed by atoms with Crippen molar-refractivity contribution in [2.24, 2.45) is 5.92 Å². The summed E-state index contributed by atoms with van der Waals surface area (Å²) in [5.41, 5.74) is 8.71. The Morgan fingerprint density at radius 2 is 2.08 bits per heavy atom. The smallest absolute Gasteiger partial charge is 0.224 e. The van der Waals surface area contributed by atoms with Gasteiger partial charge in [-0.25, -0.2) is 4.98 Å². The highest BCUT2D eigenvalue weighted by molar-refractivity contribution is 5.84. The molecule has 3 heterocycles. The van der Waals surface area contributed by atoms with E-state index >= 15 is 0 Å². The second-order valence-electron chi connectivity index (χ2n) is 7.17. The van der Waals surface area contributed by atoms with E-state index in [0.29, 0.717) is 17.6 Å². The van der Waals surface area contributed by atoms with E-state index < -0.39 is 0 Å². The van der Waals surface area contributed by atoms with Crippen LogP contribution in [-0.4, -0.2) is 51.0 Å². The first-order valence-corrected chi connectivity index (χ1v) is 9.07. The summed E-state index contributed by atoms with van der Waals surface area (Å²) in [6.07, 6.45) is 2.80. The van der Waals surface area contributed by atoms with Crippen molar-refractivity contribution in [2.45, 2.75) is 25.9 Å². The van der Waals surface area contributed by atoms with E-state index in [2.05, 4.69) is 74.0 Å².